The van der Waals surface area contributed by atoms with Gasteiger partial charge in [0, 0.05) is 35.2 Å². The molecule has 1 aliphatic heterocycles. The zero-order valence-corrected chi connectivity index (χ0v) is 12.9. The fraction of sp³-hybridized carbons (Fsp3) is 0.500. The molecule has 0 spiro atoms. The van der Waals surface area contributed by atoms with Crippen molar-refractivity contribution in [3.8, 4) is 0 Å². The van der Waals surface area contributed by atoms with Crippen LogP contribution >= 0.6 is 39.9 Å². The van der Waals surface area contributed by atoms with Crippen LogP contribution in [0.2, 0.25) is 5.02 Å². The lowest BCUT2D eigenvalue weighted by Gasteiger charge is -2.16. The third kappa shape index (κ3) is 4.11. The molecule has 0 amide bonds. The second-order valence-electron chi connectivity index (χ2n) is 4.25. The highest BCUT2D eigenvalue weighted by Gasteiger charge is 2.21. The first-order chi connectivity index (χ1) is 7.69. The van der Waals surface area contributed by atoms with Crippen molar-refractivity contribution in [3.63, 3.8) is 0 Å². The minimum absolute atomic E-state index is 0. The summed E-state index contributed by atoms with van der Waals surface area (Å²) in [5.74, 6) is 0. The minimum Gasteiger partial charge on any atom is -0.316 e. The number of halogens is 3. The van der Waals surface area contributed by atoms with E-state index in [-0.39, 0.29) is 12.4 Å². The van der Waals surface area contributed by atoms with Gasteiger partial charge < -0.3 is 5.32 Å². The number of benzene rings is 1. The fourth-order valence-corrected chi connectivity index (χ4v) is 2.91. The van der Waals surface area contributed by atoms with Gasteiger partial charge in [0.1, 0.15) is 0 Å². The van der Waals surface area contributed by atoms with Crippen LogP contribution in [-0.2, 0) is 6.54 Å². The van der Waals surface area contributed by atoms with Gasteiger partial charge in [-0.1, -0.05) is 33.6 Å². The molecule has 2 rings (SSSR count). The van der Waals surface area contributed by atoms with E-state index in [0.29, 0.717) is 6.04 Å². The van der Waals surface area contributed by atoms with E-state index in [2.05, 4.69) is 32.2 Å². The number of hydrogen-bond acceptors (Lipinski definition) is 2. The Morgan fingerprint density at radius 1 is 1.53 bits per heavy atom. The van der Waals surface area contributed by atoms with Crippen LogP contribution in [0.4, 0.5) is 0 Å². The Bertz CT molecular complexity index is 374. The second kappa shape index (κ2) is 6.95. The SMILES string of the molecule is CNC1CCN(Cc2ccc(Cl)cc2Br)C1.Cl. The quantitative estimate of drug-likeness (QED) is 0.908. The molecule has 1 aromatic carbocycles. The summed E-state index contributed by atoms with van der Waals surface area (Å²) in [5, 5.41) is 4.11. The largest absolute Gasteiger partial charge is 0.316 e. The maximum atomic E-state index is 5.93. The lowest BCUT2D eigenvalue weighted by molar-refractivity contribution is 0.322. The predicted molar refractivity (Wildman–Crippen MR) is 79.1 cm³/mol. The van der Waals surface area contributed by atoms with E-state index < -0.39 is 0 Å². The molecule has 1 atom stereocenters. The summed E-state index contributed by atoms with van der Waals surface area (Å²) in [5.41, 5.74) is 1.31. The third-order valence-electron chi connectivity index (χ3n) is 3.09. The Morgan fingerprint density at radius 2 is 2.29 bits per heavy atom. The zero-order valence-electron chi connectivity index (χ0n) is 9.75. The van der Waals surface area contributed by atoms with E-state index >= 15 is 0 Å². The molecule has 1 fully saturated rings. The van der Waals surface area contributed by atoms with Gasteiger partial charge in [0.15, 0.2) is 0 Å². The summed E-state index contributed by atoms with van der Waals surface area (Å²) in [4.78, 5) is 2.47. The first-order valence-corrected chi connectivity index (χ1v) is 6.69. The van der Waals surface area contributed by atoms with Crippen LogP contribution in [0.25, 0.3) is 0 Å². The molecule has 0 aliphatic carbocycles. The monoisotopic (exact) mass is 338 g/mol. The molecular weight excluding hydrogens is 323 g/mol. The predicted octanol–water partition coefficient (Wildman–Crippen LogP) is 3.32. The van der Waals surface area contributed by atoms with Crippen molar-refractivity contribution in [1.29, 1.82) is 0 Å². The van der Waals surface area contributed by atoms with E-state index in [1.54, 1.807) is 0 Å². The molecule has 2 nitrogen and oxygen atoms in total. The molecule has 0 bridgehead atoms. The highest BCUT2D eigenvalue weighted by Crippen LogP contribution is 2.24. The lowest BCUT2D eigenvalue weighted by Crippen LogP contribution is -2.29. The Hall–Kier alpha value is 0.200. The van der Waals surface area contributed by atoms with Crippen LogP contribution in [0, 0.1) is 0 Å². The molecule has 1 heterocycles. The Morgan fingerprint density at radius 3 is 2.88 bits per heavy atom. The van der Waals surface area contributed by atoms with Gasteiger partial charge in [0.05, 0.1) is 0 Å². The summed E-state index contributed by atoms with van der Waals surface area (Å²) in [6, 6.07) is 6.65. The van der Waals surface area contributed by atoms with Crippen molar-refractivity contribution in [2.24, 2.45) is 0 Å². The van der Waals surface area contributed by atoms with Crippen molar-refractivity contribution in [3.05, 3.63) is 33.3 Å². The maximum Gasteiger partial charge on any atom is 0.0417 e. The first-order valence-electron chi connectivity index (χ1n) is 5.52. The summed E-state index contributed by atoms with van der Waals surface area (Å²) in [6.07, 6.45) is 1.24. The smallest absolute Gasteiger partial charge is 0.0417 e. The molecule has 0 radical (unpaired) electrons. The van der Waals surface area contributed by atoms with Crippen LogP contribution in [0.3, 0.4) is 0 Å². The lowest BCUT2D eigenvalue weighted by atomic mass is 10.2. The molecule has 1 unspecified atom stereocenters. The Labute approximate surface area is 122 Å². The molecule has 1 saturated heterocycles. The van der Waals surface area contributed by atoms with Crippen LogP contribution in [0.5, 0.6) is 0 Å². The van der Waals surface area contributed by atoms with Crippen molar-refractivity contribution < 1.29 is 0 Å². The zero-order chi connectivity index (χ0) is 11.5. The van der Waals surface area contributed by atoms with E-state index in [1.807, 2.05) is 19.2 Å². The van der Waals surface area contributed by atoms with E-state index in [0.717, 1.165) is 22.6 Å². The van der Waals surface area contributed by atoms with Crippen molar-refractivity contribution in [2.75, 3.05) is 20.1 Å². The molecule has 1 aliphatic rings. The van der Waals surface area contributed by atoms with Gasteiger partial charge in [0.2, 0.25) is 0 Å². The molecule has 96 valence electrons. The average molecular weight is 340 g/mol. The molecular formula is C12H17BrCl2N2. The van der Waals surface area contributed by atoms with Crippen LogP contribution < -0.4 is 5.32 Å². The van der Waals surface area contributed by atoms with Gasteiger partial charge in [-0.15, -0.1) is 12.4 Å². The average Bonchev–Trinajstić information content (AvgIpc) is 2.70. The van der Waals surface area contributed by atoms with Crippen LogP contribution in [0.15, 0.2) is 22.7 Å². The van der Waals surface area contributed by atoms with E-state index in [9.17, 15) is 0 Å². The van der Waals surface area contributed by atoms with Gasteiger partial charge in [-0.05, 0) is 31.2 Å². The number of nitrogens with one attached hydrogen (secondary N) is 1. The fourth-order valence-electron chi connectivity index (χ4n) is 2.10. The number of rotatable bonds is 3. The second-order valence-corrected chi connectivity index (χ2v) is 5.54. The van der Waals surface area contributed by atoms with Crippen molar-refractivity contribution in [2.45, 2.75) is 19.0 Å². The van der Waals surface area contributed by atoms with E-state index in [1.165, 1.54) is 18.5 Å². The van der Waals surface area contributed by atoms with Crippen molar-refractivity contribution >= 4 is 39.9 Å². The molecule has 5 heteroatoms. The highest BCUT2D eigenvalue weighted by atomic mass is 79.9. The van der Waals surface area contributed by atoms with Gasteiger partial charge in [0.25, 0.3) is 0 Å². The van der Waals surface area contributed by atoms with Gasteiger partial charge in [-0.2, -0.15) is 0 Å². The van der Waals surface area contributed by atoms with E-state index in [4.69, 9.17) is 11.6 Å². The highest BCUT2D eigenvalue weighted by molar-refractivity contribution is 9.10. The number of hydrogen-bond donors (Lipinski definition) is 1. The Kier molecular flexibility index (Phi) is 6.24. The third-order valence-corrected chi connectivity index (χ3v) is 4.06. The summed E-state index contributed by atoms with van der Waals surface area (Å²) in [7, 11) is 2.03. The molecule has 17 heavy (non-hydrogen) atoms. The van der Waals surface area contributed by atoms with Gasteiger partial charge in [-0.3, -0.25) is 4.90 Å². The summed E-state index contributed by atoms with van der Waals surface area (Å²) >= 11 is 9.49. The standard InChI is InChI=1S/C12H16BrClN2.ClH/c1-15-11-4-5-16(8-11)7-9-2-3-10(14)6-12(9)13;/h2-3,6,11,15H,4-5,7-8H2,1H3;1H. The van der Waals surface area contributed by atoms with Crippen molar-refractivity contribution in [1.82, 2.24) is 10.2 Å². The minimum atomic E-state index is 0. The van der Waals surface area contributed by atoms with Crippen LogP contribution in [-0.4, -0.2) is 31.1 Å². The molecule has 1 aromatic rings. The molecule has 0 saturated carbocycles. The summed E-state index contributed by atoms with van der Waals surface area (Å²) < 4.78 is 1.10. The van der Waals surface area contributed by atoms with Gasteiger partial charge in [-0.25, -0.2) is 0 Å². The van der Waals surface area contributed by atoms with Crippen LogP contribution in [0.1, 0.15) is 12.0 Å². The molecule has 1 N–H and O–H groups in total. The number of nitrogens with zero attached hydrogens (tertiary/aromatic N) is 1. The number of likely N-dealkylation sites (N-methyl/N-ethyl adjacent to an activating group) is 1. The topological polar surface area (TPSA) is 15.3 Å². The number of likely N-dealkylation sites (tertiary alicyclic amines) is 1. The molecule has 0 aromatic heterocycles. The maximum absolute atomic E-state index is 5.93. The normalized spacial score (nSPS) is 20.3. The summed E-state index contributed by atoms with van der Waals surface area (Å²) in [6.45, 7) is 3.29. The first kappa shape index (κ1) is 15.3. The Balaban J connectivity index is 0.00000144. The van der Waals surface area contributed by atoms with Gasteiger partial charge >= 0.3 is 0 Å².